The molecule has 3 nitrogen and oxygen atoms in total. The monoisotopic (exact) mass is 176 g/mol. The molecule has 0 aromatic heterocycles. The number of hydrogen-bond acceptors (Lipinski definition) is 3. The maximum atomic E-state index is 10.5. The quantitative estimate of drug-likeness (QED) is 0.563. The van der Waals surface area contributed by atoms with Crippen LogP contribution in [0.5, 0.6) is 0 Å². The fourth-order valence-corrected chi connectivity index (χ4v) is 0.807. The number of para-hydroxylation sites is 1. The Morgan fingerprint density at radius 2 is 2.15 bits per heavy atom. The first kappa shape index (κ1) is 9.45. The second-order valence-corrected chi connectivity index (χ2v) is 2.70. The molecule has 0 saturated carbocycles. The first-order valence-corrected chi connectivity index (χ1v) is 4.11. The lowest BCUT2D eigenvalue weighted by Crippen LogP contribution is -1.93. The Bertz CT molecular complexity index is 293. The van der Waals surface area contributed by atoms with Crippen molar-refractivity contribution in [2.75, 3.05) is 5.43 Å². The number of nitrogens with zero attached hydrogens (tertiary/aromatic N) is 1. The summed E-state index contributed by atoms with van der Waals surface area (Å²) in [7, 11) is 0. The molecule has 0 bridgehead atoms. The molecule has 0 aliphatic carbocycles. The third kappa shape index (κ3) is 4.06. The summed E-state index contributed by atoms with van der Waals surface area (Å²) >= 11 is 0. The summed E-state index contributed by atoms with van der Waals surface area (Å²) in [5.74, 6) is 0.110. The van der Waals surface area contributed by atoms with Crippen molar-refractivity contribution >= 4 is 17.7 Å². The second kappa shape index (κ2) is 5.09. The van der Waals surface area contributed by atoms with Crippen LogP contribution in [0.4, 0.5) is 5.69 Å². The molecule has 13 heavy (non-hydrogen) atoms. The maximum absolute atomic E-state index is 10.5. The Morgan fingerprint density at radius 3 is 2.77 bits per heavy atom. The number of hydrazone groups is 1. The summed E-state index contributed by atoms with van der Waals surface area (Å²) in [6.07, 6.45) is 1.94. The van der Waals surface area contributed by atoms with Crippen molar-refractivity contribution in [2.24, 2.45) is 5.10 Å². The van der Waals surface area contributed by atoms with E-state index in [0.29, 0.717) is 6.42 Å². The van der Waals surface area contributed by atoms with E-state index in [-0.39, 0.29) is 5.78 Å². The van der Waals surface area contributed by atoms with Gasteiger partial charge in [-0.1, -0.05) is 18.2 Å². The number of ketones is 1. The summed E-state index contributed by atoms with van der Waals surface area (Å²) in [6, 6.07) is 9.59. The largest absolute Gasteiger partial charge is 0.300 e. The molecular formula is C10H12N2O. The second-order valence-electron chi connectivity index (χ2n) is 2.70. The van der Waals surface area contributed by atoms with E-state index in [0.717, 1.165) is 5.69 Å². The first-order valence-electron chi connectivity index (χ1n) is 4.11. The van der Waals surface area contributed by atoms with E-state index in [2.05, 4.69) is 10.5 Å². The van der Waals surface area contributed by atoms with Gasteiger partial charge in [0, 0.05) is 12.6 Å². The standard InChI is InChI=1S/C10H12N2O/c1-9(13)7-8-11-12-10-5-3-2-4-6-10/h2-6,8,12H,7H2,1H3. The van der Waals surface area contributed by atoms with Crippen molar-refractivity contribution in [1.29, 1.82) is 0 Å². The molecule has 0 fully saturated rings. The molecule has 0 atom stereocenters. The van der Waals surface area contributed by atoms with Gasteiger partial charge in [-0.3, -0.25) is 10.2 Å². The molecule has 0 spiro atoms. The Balaban J connectivity index is 2.35. The normalized spacial score (nSPS) is 10.2. The molecular weight excluding hydrogens is 164 g/mol. The Kier molecular flexibility index (Phi) is 3.70. The number of carbonyl (C=O) groups excluding carboxylic acids is 1. The van der Waals surface area contributed by atoms with Crippen molar-refractivity contribution in [1.82, 2.24) is 0 Å². The molecule has 3 heteroatoms. The van der Waals surface area contributed by atoms with Crippen LogP contribution in [0.3, 0.4) is 0 Å². The average molecular weight is 176 g/mol. The van der Waals surface area contributed by atoms with Crippen LogP contribution in [-0.2, 0) is 4.79 Å². The van der Waals surface area contributed by atoms with Crippen molar-refractivity contribution in [3.05, 3.63) is 30.3 Å². The minimum absolute atomic E-state index is 0.110. The number of carbonyl (C=O) groups is 1. The van der Waals surface area contributed by atoms with Gasteiger partial charge in [-0.15, -0.1) is 0 Å². The molecule has 1 aromatic rings. The predicted molar refractivity (Wildman–Crippen MR) is 53.9 cm³/mol. The molecule has 0 saturated heterocycles. The van der Waals surface area contributed by atoms with E-state index in [1.54, 1.807) is 6.21 Å². The van der Waals surface area contributed by atoms with E-state index in [1.807, 2.05) is 30.3 Å². The van der Waals surface area contributed by atoms with Gasteiger partial charge >= 0.3 is 0 Å². The highest BCUT2D eigenvalue weighted by Crippen LogP contribution is 2.03. The number of benzene rings is 1. The molecule has 0 aliphatic rings. The lowest BCUT2D eigenvalue weighted by Gasteiger charge is -1.96. The van der Waals surface area contributed by atoms with Crippen LogP contribution >= 0.6 is 0 Å². The van der Waals surface area contributed by atoms with Crippen LogP contribution in [0.15, 0.2) is 35.4 Å². The molecule has 0 amide bonds. The molecule has 0 radical (unpaired) electrons. The van der Waals surface area contributed by atoms with Gasteiger partial charge in [0.2, 0.25) is 0 Å². The van der Waals surface area contributed by atoms with Crippen LogP contribution < -0.4 is 5.43 Å². The van der Waals surface area contributed by atoms with Crippen LogP contribution in [0.25, 0.3) is 0 Å². The first-order chi connectivity index (χ1) is 6.29. The van der Waals surface area contributed by atoms with Crippen LogP contribution in [-0.4, -0.2) is 12.0 Å². The minimum Gasteiger partial charge on any atom is -0.300 e. The van der Waals surface area contributed by atoms with Gasteiger partial charge in [0.15, 0.2) is 0 Å². The van der Waals surface area contributed by atoms with Crippen molar-refractivity contribution in [3.63, 3.8) is 0 Å². The Morgan fingerprint density at radius 1 is 1.46 bits per heavy atom. The lowest BCUT2D eigenvalue weighted by molar-refractivity contribution is -0.115. The van der Waals surface area contributed by atoms with Gasteiger partial charge in [0.1, 0.15) is 5.78 Å². The molecule has 68 valence electrons. The van der Waals surface area contributed by atoms with Gasteiger partial charge in [-0.2, -0.15) is 5.10 Å². The zero-order chi connectivity index (χ0) is 9.52. The summed E-state index contributed by atoms with van der Waals surface area (Å²) in [6.45, 7) is 1.54. The molecule has 0 unspecified atom stereocenters. The smallest absolute Gasteiger partial charge is 0.135 e. The zero-order valence-electron chi connectivity index (χ0n) is 7.53. The Hall–Kier alpha value is -1.64. The highest BCUT2D eigenvalue weighted by molar-refractivity contribution is 5.89. The van der Waals surface area contributed by atoms with E-state index < -0.39 is 0 Å². The van der Waals surface area contributed by atoms with Crippen molar-refractivity contribution in [3.8, 4) is 0 Å². The maximum Gasteiger partial charge on any atom is 0.135 e. The van der Waals surface area contributed by atoms with Crippen LogP contribution in [0.2, 0.25) is 0 Å². The summed E-state index contributed by atoms with van der Waals surface area (Å²) < 4.78 is 0. The molecule has 1 aromatic carbocycles. The van der Waals surface area contributed by atoms with Crippen molar-refractivity contribution < 1.29 is 4.79 Å². The number of Topliss-reactive ketones (excluding diaryl/α,β-unsaturated/α-hetero) is 1. The van der Waals surface area contributed by atoms with E-state index in [1.165, 1.54) is 6.92 Å². The van der Waals surface area contributed by atoms with Gasteiger partial charge in [-0.25, -0.2) is 0 Å². The van der Waals surface area contributed by atoms with Gasteiger partial charge < -0.3 is 0 Å². The van der Waals surface area contributed by atoms with E-state index >= 15 is 0 Å². The van der Waals surface area contributed by atoms with Gasteiger partial charge in [-0.05, 0) is 19.1 Å². The predicted octanol–water partition coefficient (Wildman–Crippen LogP) is 2.06. The van der Waals surface area contributed by atoms with Crippen LogP contribution in [0, 0.1) is 0 Å². The van der Waals surface area contributed by atoms with Crippen LogP contribution in [0.1, 0.15) is 13.3 Å². The molecule has 1 N–H and O–H groups in total. The molecule has 1 rings (SSSR count). The lowest BCUT2D eigenvalue weighted by atomic mass is 10.3. The van der Waals surface area contributed by atoms with Crippen molar-refractivity contribution in [2.45, 2.75) is 13.3 Å². The Labute approximate surface area is 77.5 Å². The van der Waals surface area contributed by atoms with E-state index in [9.17, 15) is 4.79 Å². The highest BCUT2D eigenvalue weighted by atomic mass is 16.1. The molecule has 0 aliphatic heterocycles. The third-order valence-corrected chi connectivity index (χ3v) is 1.44. The minimum atomic E-state index is 0.110. The molecule has 0 heterocycles. The number of rotatable bonds is 4. The third-order valence-electron chi connectivity index (χ3n) is 1.44. The topological polar surface area (TPSA) is 41.5 Å². The fourth-order valence-electron chi connectivity index (χ4n) is 0.807. The average Bonchev–Trinajstić information content (AvgIpc) is 2.14. The summed E-state index contributed by atoms with van der Waals surface area (Å²) in [5.41, 5.74) is 3.74. The highest BCUT2D eigenvalue weighted by Gasteiger charge is 1.87. The number of hydrogen-bond donors (Lipinski definition) is 1. The van der Waals surface area contributed by atoms with E-state index in [4.69, 9.17) is 0 Å². The zero-order valence-corrected chi connectivity index (χ0v) is 7.53. The summed E-state index contributed by atoms with van der Waals surface area (Å²) in [5, 5.41) is 3.89. The van der Waals surface area contributed by atoms with Gasteiger partial charge in [0.05, 0.1) is 5.69 Å². The summed E-state index contributed by atoms with van der Waals surface area (Å²) in [4.78, 5) is 10.5. The number of anilines is 1. The SMILES string of the molecule is CC(=O)CC=NNc1ccccc1. The van der Waals surface area contributed by atoms with Gasteiger partial charge in [0.25, 0.3) is 0 Å². The fraction of sp³-hybridized carbons (Fsp3) is 0.200. The number of nitrogens with one attached hydrogen (secondary N) is 1.